The summed E-state index contributed by atoms with van der Waals surface area (Å²) < 4.78 is 20.5. The molecule has 0 unspecified atom stereocenters. The molecule has 1 saturated carbocycles. The fourth-order valence-electron chi connectivity index (χ4n) is 1.89. The predicted molar refractivity (Wildman–Crippen MR) is 82.6 cm³/mol. The average molecular weight is 356 g/mol. The van der Waals surface area contributed by atoms with Gasteiger partial charge in [-0.15, -0.1) is 11.3 Å². The van der Waals surface area contributed by atoms with Crippen LogP contribution >= 0.6 is 27.3 Å². The van der Waals surface area contributed by atoms with Gasteiger partial charge in [0.15, 0.2) is 11.6 Å². The van der Waals surface area contributed by atoms with Crippen molar-refractivity contribution in [3.05, 3.63) is 50.4 Å². The zero-order chi connectivity index (χ0) is 13.9. The van der Waals surface area contributed by atoms with Crippen molar-refractivity contribution in [3.8, 4) is 5.75 Å². The Bertz CT molecular complexity index is 597. The quantitative estimate of drug-likeness (QED) is 0.824. The molecule has 0 spiro atoms. The Morgan fingerprint density at radius 3 is 2.85 bits per heavy atom. The van der Waals surface area contributed by atoms with E-state index in [1.165, 1.54) is 12.8 Å². The van der Waals surface area contributed by atoms with E-state index in [4.69, 9.17) is 4.74 Å². The van der Waals surface area contributed by atoms with Crippen LogP contribution in [0.5, 0.6) is 5.75 Å². The van der Waals surface area contributed by atoms with Crippen LogP contribution in [0, 0.1) is 5.82 Å². The SMILES string of the molecule is Fc1cc(CNC2CC2)ccc1OCc1sccc1Br. The molecule has 1 aromatic carbocycles. The molecule has 2 nitrogen and oxygen atoms in total. The molecule has 0 amide bonds. The minimum atomic E-state index is -0.298. The summed E-state index contributed by atoms with van der Waals surface area (Å²) in [5, 5.41) is 5.35. The standard InChI is InChI=1S/C15H15BrFNOS/c16-12-5-6-20-15(12)9-19-14-4-1-10(7-13(14)17)8-18-11-2-3-11/h1,4-7,11,18H,2-3,8-9H2. The van der Waals surface area contributed by atoms with Gasteiger partial charge in [0, 0.05) is 17.1 Å². The lowest BCUT2D eigenvalue weighted by Gasteiger charge is -2.09. The molecular formula is C15H15BrFNOS. The second-order valence-electron chi connectivity index (χ2n) is 4.90. The Kier molecular flexibility index (Phi) is 4.38. The lowest BCUT2D eigenvalue weighted by atomic mass is 10.2. The van der Waals surface area contributed by atoms with E-state index in [1.807, 2.05) is 17.5 Å². The third-order valence-corrected chi connectivity index (χ3v) is 5.12. The minimum Gasteiger partial charge on any atom is -0.485 e. The number of hydrogen-bond acceptors (Lipinski definition) is 3. The van der Waals surface area contributed by atoms with Gasteiger partial charge in [-0.2, -0.15) is 0 Å². The largest absolute Gasteiger partial charge is 0.485 e. The number of hydrogen-bond donors (Lipinski definition) is 1. The summed E-state index contributed by atoms with van der Waals surface area (Å²) in [7, 11) is 0. The lowest BCUT2D eigenvalue weighted by molar-refractivity contribution is 0.292. The molecule has 1 fully saturated rings. The van der Waals surface area contributed by atoms with Crippen LogP contribution in [0.2, 0.25) is 0 Å². The Labute approximate surface area is 130 Å². The van der Waals surface area contributed by atoms with E-state index in [0.29, 0.717) is 18.4 Å². The first-order valence-corrected chi connectivity index (χ1v) is 8.26. The smallest absolute Gasteiger partial charge is 0.165 e. The van der Waals surface area contributed by atoms with Crippen LogP contribution in [0.3, 0.4) is 0 Å². The highest BCUT2D eigenvalue weighted by Gasteiger charge is 2.20. The van der Waals surface area contributed by atoms with Crippen molar-refractivity contribution < 1.29 is 9.13 Å². The molecule has 1 aromatic heterocycles. The van der Waals surface area contributed by atoms with Crippen LogP contribution < -0.4 is 10.1 Å². The third kappa shape index (κ3) is 3.59. The maximum Gasteiger partial charge on any atom is 0.165 e. The molecule has 1 N–H and O–H groups in total. The molecule has 1 heterocycles. The Morgan fingerprint density at radius 1 is 1.35 bits per heavy atom. The van der Waals surface area contributed by atoms with Gasteiger partial charge in [-0.05, 0) is 57.9 Å². The fourth-order valence-corrected chi connectivity index (χ4v) is 3.27. The monoisotopic (exact) mass is 355 g/mol. The number of benzene rings is 1. The van der Waals surface area contributed by atoms with E-state index < -0.39 is 0 Å². The summed E-state index contributed by atoms with van der Waals surface area (Å²) in [6.45, 7) is 1.10. The van der Waals surface area contributed by atoms with Gasteiger partial charge in [-0.25, -0.2) is 4.39 Å². The van der Waals surface area contributed by atoms with Crippen LogP contribution in [0.4, 0.5) is 4.39 Å². The van der Waals surface area contributed by atoms with Gasteiger partial charge in [0.05, 0.1) is 4.88 Å². The molecule has 2 aromatic rings. The van der Waals surface area contributed by atoms with Crippen molar-refractivity contribution in [2.45, 2.75) is 32.0 Å². The topological polar surface area (TPSA) is 21.3 Å². The van der Waals surface area contributed by atoms with Crippen LogP contribution in [0.1, 0.15) is 23.3 Å². The first-order valence-electron chi connectivity index (χ1n) is 6.59. The molecule has 0 aliphatic heterocycles. The second-order valence-corrected chi connectivity index (χ2v) is 6.76. The van der Waals surface area contributed by atoms with E-state index in [-0.39, 0.29) is 5.82 Å². The van der Waals surface area contributed by atoms with E-state index in [2.05, 4.69) is 21.2 Å². The van der Waals surface area contributed by atoms with Crippen molar-refractivity contribution in [2.24, 2.45) is 0 Å². The summed E-state index contributed by atoms with van der Waals surface area (Å²) in [5.74, 6) is 0.00764. The summed E-state index contributed by atoms with van der Waals surface area (Å²) >= 11 is 5.03. The summed E-state index contributed by atoms with van der Waals surface area (Å²) in [6, 6.07) is 7.77. The Balaban J connectivity index is 1.60. The van der Waals surface area contributed by atoms with Gasteiger partial charge in [-0.3, -0.25) is 0 Å². The lowest BCUT2D eigenvalue weighted by Crippen LogP contribution is -2.15. The number of halogens is 2. The van der Waals surface area contributed by atoms with Gasteiger partial charge in [-0.1, -0.05) is 6.07 Å². The molecule has 0 atom stereocenters. The Morgan fingerprint density at radius 2 is 2.20 bits per heavy atom. The predicted octanol–water partition coefficient (Wildman–Crippen LogP) is 4.48. The van der Waals surface area contributed by atoms with Crippen LogP contribution in [-0.2, 0) is 13.2 Å². The molecule has 106 valence electrons. The van der Waals surface area contributed by atoms with E-state index in [0.717, 1.165) is 21.5 Å². The molecule has 0 bridgehead atoms. The third-order valence-electron chi connectivity index (χ3n) is 3.22. The zero-order valence-corrected chi connectivity index (χ0v) is 13.3. The van der Waals surface area contributed by atoms with E-state index >= 15 is 0 Å². The Hall–Kier alpha value is -0.910. The highest BCUT2D eigenvalue weighted by molar-refractivity contribution is 9.10. The molecule has 0 radical (unpaired) electrons. The van der Waals surface area contributed by atoms with Crippen molar-refractivity contribution >= 4 is 27.3 Å². The molecule has 3 rings (SSSR count). The molecule has 20 heavy (non-hydrogen) atoms. The normalized spacial score (nSPS) is 14.5. The molecule has 0 saturated heterocycles. The highest BCUT2D eigenvalue weighted by atomic mass is 79.9. The van der Waals surface area contributed by atoms with Crippen LogP contribution in [0.15, 0.2) is 34.1 Å². The number of nitrogens with one attached hydrogen (secondary N) is 1. The maximum atomic E-state index is 14.0. The van der Waals surface area contributed by atoms with Gasteiger partial charge < -0.3 is 10.1 Å². The van der Waals surface area contributed by atoms with E-state index in [9.17, 15) is 4.39 Å². The van der Waals surface area contributed by atoms with Gasteiger partial charge in [0.2, 0.25) is 0 Å². The van der Waals surface area contributed by atoms with Crippen molar-refractivity contribution in [2.75, 3.05) is 0 Å². The van der Waals surface area contributed by atoms with Crippen LogP contribution in [-0.4, -0.2) is 6.04 Å². The molecule has 1 aliphatic carbocycles. The maximum absolute atomic E-state index is 14.0. The molecular weight excluding hydrogens is 341 g/mol. The van der Waals surface area contributed by atoms with Gasteiger partial charge >= 0.3 is 0 Å². The summed E-state index contributed by atoms with van der Waals surface area (Å²) in [4.78, 5) is 1.06. The second kappa shape index (κ2) is 6.24. The number of thiophene rings is 1. The summed E-state index contributed by atoms with van der Waals surface area (Å²) in [6.07, 6.45) is 2.47. The van der Waals surface area contributed by atoms with Crippen molar-refractivity contribution in [1.82, 2.24) is 5.32 Å². The first kappa shape index (κ1) is 14.0. The van der Waals surface area contributed by atoms with Crippen molar-refractivity contribution in [1.29, 1.82) is 0 Å². The first-order chi connectivity index (χ1) is 9.72. The van der Waals surface area contributed by atoms with E-state index in [1.54, 1.807) is 23.5 Å². The van der Waals surface area contributed by atoms with Crippen LogP contribution in [0.25, 0.3) is 0 Å². The average Bonchev–Trinajstić information content (AvgIpc) is 3.18. The molecule has 1 aliphatic rings. The van der Waals surface area contributed by atoms with Gasteiger partial charge in [0.25, 0.3) is 0 Å². The molecule has 5 heteroatoms. The highest BCUT2D eigenvalue weighted by Crippen LogP contribution is 2.26. The van der Waals surface area contributed by atoms with Gasteiger partial charge in [0.1, 0.15) is 6.61 Å². The minimum absolute atomic E-state index is 0.298. The number of ether oxygens (including phenoxy) is 1. The fraction of sp³-hybridized carbons (Fsp3) is 0.333. The van der Waals surface area contributed by atoms with Crippen molar-refractivity contribution in [3.63, 3.8) is 0 Å². The summed E-state index contributed by atoms with van der Waals surface area (Å²) in [5.41, 5.74) is 0.957. The zero-order valence-electron chi connectivity index (χ0n) is 10.9. The number of rotatable bonds is 6.